The van der Waals surface area contributed by atoms with E-state index in [1.807, 2.05) is 0 Å². The standard InChI is InChI=1S/C34H47N3O6/c1-3-5-7-9-11-13-15-17-21-35(22-18-16-14-12-10-8-6-4-2)34(39)31-25-27(37(42)43)24-30-32(31)28-20-19-26(36(40)41)23-29(28)33(30)38/h19-20,23-25H,3-18,21-22H2,1-2H3. The highest BCUT2D eigenvalue weighted by Crippen LogP contribution is 2.42. The Balaban J connectivity index is 1.81. The number of unbranched alkanes of at least 4 members (excludes halogenated alkanes) is 14. The van der Waals surface area contributed by atoms with Gasteiger partial charge in [0.15, 0.2) is 5.78 Å². The zero-order chi connectivity index (χ0) is 31.2. The van der Waals surface area contributed by atoms with E-state index in [0.717, 1.165) is 38.5 Å². The van der Waals surface area contributed by atoms with E-state index in [2.05, 4.69) is 13.8 Å². The largest absolute Gasteiger partial charge is 0.339 e. The Labute approximate surface area is 255 Å². The number of nitro benzene ring substituents is 2. The zero-order valence-electron chi connectivity index (χ0n) is 25.9. The van der Waals surface area contributed by atoms with Crippen molar-refractivity contribution in [2.45, 2.75) is 117 Å². The first-order valence-electron chi connectivity index (χ1n) is 16.2. The van der Waals surface area contributed by atoms with Crippen LogP contribution in [-0.2, 0) is 0 Å². The first-order chi connectivity index (χ1) is 20.8. The highest BCUT2D eigenvalue weighted by atomic mass is 16.6. The summed E-state index contributed by atoms with van der Waals surface area (Å²) in [5.74, 6) is -0.867. The Kier molecular flexibility index (Phi) is 13.8. The number of carbonyl (C=O) groups excluding carboxylic acids is 2. The third kappa shape index (κ3) is 9.43. The minimum atomic E-state index is -0.600. The number of non-ortho nitro benzene ring substituents is 2. The van der Waals surface area contributed by atoms with Crippen molar-refractivity contribution in [2.75, 3.05) is 13.1 Å². The van der Waals surface area contributed by atoms with E-state index < -0.39 is 15.6 Å². The predicted molar refractivity (Wildman–Crippen MR) is 170 cm³/mol. The van der Waals surface area contributed by atoms with Crippen LogP contribution >= 0.6 is 0 Å². The highest BCUT2D eigenvalue weighted by molar-refractivity contribution is 6.25. The lowest BCUT2D eigenvalue weighted by Crippen LogP contribution is -2.33. The Morgan fingerprint density at radius 2 is 1.09 bits per heavy atom. The van der Waals surface area contributed by atoms with E-state index in [-0.39, 0.29) is 34.0 Å². The lowest BCUT2D eigenvalue weighted by molar-refractivity contribution is -0.385. The lowest BCUT2D eigenvalue weighted by atomic mass is 9.97. The van der Waals surface area contributed by atoms with Crippen molar-refractivity contribution in [3.05, 3.63) is 67.3 Å². The summed E-state index contributed by atoms with van der Waals surface area (Å²) in [6, 6.07) is 6.41. The van der Waals surface area contributed by atoms with Gasteiger partial charge in [0.2, 0.25) is 0 Å². The second-order valence-electron chi connectivity index (χ2n) is 11.7. The Morgan fingerprint density at radius 1 is 0.628 bits per heavy atom. The molecule has 2 aromatic carbocycles. The average Bonchev–Trinajstić information content (AvgIpc) is 3.28. The molecule has 2 aromatic rings. The van der Waals surface area contributed by atoms with Gasteiger partial charge in [0.1, 0.15) is 0 Å². The van der Waals surface area contributed by atoms with Crippen molar-refractivity contribution in [3.63, 3.8) is 0 Å². The van der Waals surface area contributed by atoms with E-state index >= 15 is 0 Å². The fourth-order valence-electron chi connectivity index (χ4n) is 5.93. The maximum absolute atomic E-state index is 14.1. The minimum Gasteiger partial charge on any atom is -0.339 e. The summed E-state index contributed by atoms with van der Waals surface area (Å²) in [6.07, 6.45) is 18.1. The number of fused-ring (bicyclic) bond motifs is 3. The summed E-state index contributed by atoms with van der Waals surface area (Å²) in [7, 11) is 0. The second kappa shape index (κ2) is 17.5. The molecule has 0 bridgehead atoms. The number of hydrogen-bond acceptors (Lipinski definition) is 6. The van der Waals surface area contributed by atoms with Crippen molar-refractivity contribution in [1.82, 2.24) is 4.90 Å². The molecule has 0 saturated heterocycles. The number of ketones is 1. The summed E-state index contributed by atoms with van der Waals surface area (Å²) in [5, 5.41) is 23.2. The number of carbonyl (C=O) groups is 2. The van der Waals surface area contributed by atoms with Crippen LogP contribution in [0, 0.1) is 20.2 Å². The number of nitro groups is 2. The van der Waals surface area contributed by atoms with Gasteiger partial charge in [-0.05, 0) is 24.5 Å². The fourth-order valence-corrected chi connectivity index (χ4v) is 5.93. The number of benzene rings is 2. The van der Waals surface area contributed by atoms with Crippen molar-refractivity contribution in [1.29, 1.82) is 0 Å². The van der Waals surface area contributed by atoms with Gasteiger partial charge >= 0.3 is 0 Å². The van der Waals surface area contributed by atoms with Gasteiger partial charge in [0.25, 0.3) is 17.3 Å². The van der Waals surface area contributed by atoms with Gasteiger partial charge in [-0.25, -0.2) is 0 Å². The third-order valence-corrected chi connectivity index (χ3v) is 8.39. The SMILES string of the molecule is CCCCCCCCCCN(CCCCCCCCCC)C(=O)c1cc([N+](=O)[O-])cc2c1-c1ccc([N+](=O)[O-])cc1C2=O. The third-order valence-electron chi connectivity index (χ3n) is 8.39. The number of amides is 1. The van der Waals surface area contributed by atoms with Gasteiger partial charge in [0, 0.05) is 54.0 Å². The maximum atomic E-state index is 14.1. The summed E-state index contributed by atoms with van der Waals surface area (Å²) < 4.78 is 0. The summed E-state index contributed by atoms with van der Waals surface area (Å²) in [5.41, 5.74) is 0.420. The number of nitrogens with zero attached hydrogens (tertiary/aromatic N) is 3. The van der Waals surface area contributed by atoms with Crippen molar-refractivity contribution in [3.8, 4) is 11.1 Å². The van der Waals surface area contributed by atoms with Crippen molar-refractivity contribution in [2.24, 2.45) is 0 Å². The molecule has 0 aromatic heterocycles. The maximum Gasteiger partial charge on any atom is 0.271 e. The molecule has 0 radical (unpaired) electrons. The molecule has 0 fully saturated rings. The number of rotatable bonds is 21. The summed E-state index contributed by atoms with van der Waals surface area (Å²) >= 11 is 0. The molecular formula is C34H47N3O6. The van der Waals surface area contributed by atoms with E-state index in [9.17, 15) is 29.8 Å². The molecule has 234 valence electrons. The molecule has 43 heavy (non-hydrogen) atoms. The molecular weight excluding hydrogens is 546 g/mol. The Morgan fingerprint density at radius 3 is 1.58 bits per heavy atom. The monoisotopic (exact) mass is 593 g/mol. The van der Waals surface area contributed by atoms with Crippen LogP contribution in [0.2, 0.25) is 0 Å². The van der Waals surface area contributed by atoms with Crippen LogP contribution in [0.4, 0.5) is 11.4 Å². The average molecular weight is 594 g/mol. The first-order valence-corrected chi connectivity index (χ1v) is 16.2. The van der Waals surface area contributed by atoms with Crippen LogP contribution in [-0.4, -0.2) is 39.5 Å². The molecule has 0 aliphatic heterocycles. The summed E-state index contributed by atoms with van der Waals surface area (Å²) in [6.45, 7) is 5.49. The van der Waals surface area contributed by atoms with Gasteiger partial charge < -0.3 is 4.90 Å². The van der Waals surface area contributed by atoms with Crippen LogP contribution in [0.1, 0.15) is 143 Å². The molecule has 9 nitrogen and oxygen atoms in total. The van der Waals surface area contributed by atoms with Crippen LogP contribution in [0.25, 0.3) is 11.1 Å². The normalized spacial score (nSPS) is 11.8. The quantitative estimate of drug-likeness (QED) is 0.0688. The molecule has 1 aliphatic rings. The molecule has 0 saturated carbocycles. The van der Waals surface area contributed by atoms with Gasteiger partial charge in [-0.3, -0.25) is 29.8 Å². The van der Waals surface area contributed by atoms with Gasteiger partial charge in [-0.2, -0.15) is 0 Å². The molecule has 3 rings (SSSR count). The Hall–Kier alpha value is -3.62. The van der Waals surface area contributed by atoms with Gasteiger partial charge in [-0.15, -0.1) is 0 Å². The first kappa shape index (κ1) is 33.9. The van der Waals surface area contributed by atoms with Crippen molar-refractivity contribution < 1.29 is 19.4 Å². The molecule has 0 spiro atoms. The highest BCUT2D eigenvalue weighted by Gasteiger charge is 2.35. The van der Waals surface area contributed by atoms with Gasteiger partial charge in [-0.1, -0.05) is 104 Å². The predicted octanol–water partition coefficient (Wildman–Crippen LogP) is 9.44. The molecule has 0 N–H and O–H groups in total. The zero-order valence-corrected chi connectivity index (χ0v) is 25.9. The van der Waals surface area contributed by atoms with Crippen LogP contribution < -0.4 is 0 Å². The fraction of sp³-hybridized carbons (Fsp3) is 0.588. The lowest BCUT2D eigenvalue weighted by Gasteiger charge is -2.24. The second-order valence-corrected chi connectivity index (χ2v) is 11.7. The molecule has 0 atom stereocenters. The summed E-state index contributed by atoms with van der Waals surface area (Å²) in [4.78, 5) is 51.2. The smallest absolute Gasteiger partial charge is 0.271 e. The topological polar surface area (TPSA) is 124 Å². The van der Waals surface area contributed by atoms with E-state index in [4.69, 9.17) is 0 Å². The Bertz CT molecular complexity index is 1260. The van der Waals surface area contributed by atoms with E-state index in [1.54, 1.807) is 4.90 Å². The molecule has 0 heterocycles. The van der Waals surface area contributed by atoms with Crippen LogP contribution in [0.3, 0.4) is 0 Å². The van der Waals surface area contributed by atoms with E-state index in [1.165, 1.54) is 94.5 Å². The van der Waals surface area contributed by atoms with E-state index in [0.29, 0.717) is 24.2 Å². The molecule has 9 heteroatoms. The molecule has 0 unspecified atom stereocenters. The minimum absolute atomic E-state index is 0.0483. The molecule has 1 amide bonds. The van der Waals surface area contributed by atoms with Crippen LogP contribution in [0.5, 0.6) is 0 Å². The van der Waals surface area contributed by atoms with Crippen LogP contribution in [0.15, 0.2) is 30.3 Å². The van der Waals surface area contributed by atoms with Crippen molar-refractivity contribution >= 4 is 23.1 Å². The number of hydrogen-bond donors (Lipinski definition) is 0. The van der Waals surface area contributed by atoms with Gasteiger partial charge in [0.05, 0.1) is 15.4 Å². The molecule has 1 aliphatic carbocycles.